The SMILES string of the molecule is CCS(=O)(=O)Oc1cccc(CN(CCOC)C(=O)C(Cl)Cl)c1. The van der Waals surface area contributed by atoms with Gasteiger partial charge in [-0.1, -0.05) is 35.3 Å². The Kier molecular flexibility index (Phi) is 8.11. The number of benzene rings is 1. The van der Waals surface area contributed by atoms with Gasteiger partial charge in [0.15, 0.2) is 4.84 Å². The van der Waals surface area contributed by atoms with E-state index in [0.29, 0.717) is 18.7 Å². The molecule has 9 heteroatoms. The third-order valence-electron chi connectivity index (χ3n) is 2.91. The molecule has 0 bridgehead atoms. The van der Waals surface area contributed by atoms with Crippen molar-refractivity contribution in [3.63, 3.8) is 0 Å². The van der Waals surface area contributed by atoms with Crippen LogP contribution in [-0.4, -0.2) is 50.1 Å². The summed E-state index contributed by atoms with van der Waals surface area (Å²) in [7, 11) is -2.09. The van der Waals surface area contributed by atoms with Gasteiger partial charge in [0.1, 0.15) is 5.75 Å². The summed E-state index contributed by atoms with van der Waals surface area (Å²) in [6.45, 7) is 2.34. The summed E-state index contributed by atoms with van der Waals surface area (Å²) in [6, 6.07) is 6.48. The largest absolute Gasteiger partial charge is 0.383 e. The second kappa shape index (κ2) is 9.32. The Morgan fingerprint density at radius 2 is 2.04 bits per heavy atom. The highest BCUT2D eigenvalue weighted by molar-refractivity contribution is 7.87. The first-order chi connectivity index (χ1) is 10.8. The molecular weight excluding hydrogens is 365 g/mol. The van der Waals surface area contributed by atoms with Crippen LogP contribution in [0.3, 0.4) is 0 Å². The van der Waals surface area contributed by atoms with Gasteiger partial charge in [0.05, 0.1) is 12.4 Å². The van der Waals surface area contributed by atoms with Crippen molar-refractivity contribution in [2.45, 2.75) is 18.3 Å². The predicted molar refractivity (Wildman–Crippen MR) is 89.3 cm³/mol. The number of hydrogen-bond donors (Lipinski definition) is 0. The smallest absolute Gasteiger partial charge is 0.308 e. The Labute approximate surface area is 146 Å². The minimum absolute atomic E-state index is 0.129. The Morgan fingerprint density at radius 3 is 2.61 bits per heavy atom. The number of methoxy groups -OCH3 is 1. The van der Waals surface area contributed by atoms with Crippen molar-refractivity contribution < 1.29 is 22.1 Å². The zero-order chi connectivity index (χ0) is 17.5. The Balaban J connectivity index is 2.89. The summed E-state index contributed by atoms with van der Waals surface area (Å²) >= 11 is 11.3. The van der Waals surface area contributed by atoms with Crippen LogP contribution >= 0.6 is 23.2 Å². The quantitative estimate of drug-likeness (QED) is 0.482. The van der Waals surface area contributed by atoms with E-state index in [2.05, 4.69) is 0 Å². The molecular formula is C14H19Cl2NO5S. The lowest BCUT2D eigenvalue weighted by atomic mass is 10.2. The molecule has 130 valence electrons. The highest BCUT2D eigenvalue weighted by Gasteiger charge is 2.20. The number of alkyl halides is 2. The first kappa shape index (κ1) is 20.0. The van der Waals surface area contributed by atoms with Gasteiger partial charge in [0.25, 0.3) is 5.91 Å². The number of carbonyl (C=O) groups excluding carboxylic acids is 1. The van der Waals surface area contributed by atoms with Crippen molar-refractivity contribution in [1.82, 2.24) is 4.90 Å². The van der Waals surface area contributed by atoms with Crippen molar-refractivity contribution in [2.75, 3.05) is 26.0 Å². The minimum Gasteiger partial charge on any atom is -0.383 e. The summed E-state index contributed by atoms with van der Waals surface area (Å²) < 4.78 is 32.9. The van der Waals surface area contributed by atoms with E-state index in [-0.39, 0.29) is 18.0 Å². The van der Waals surface area contributed by atoms with E-state index >= 15 is 0 Å². The third-order valence-corrected chi connectivity index (χ3v) is 4.44. The molecule has 0 heterocycles. The zero-order valence-electron chi connectivity index (χ0n) is 12.9. The van der Waals surface area contributed by atoms with Crippen LogP contribution in [0.4, 0.5) is 0 Å². The first-order valence-electron chi connectivity index (χ1n) is 6.86. The van der Waals surface area contributed by atoms with Crippen molar-refractivity contribution in [3.05, 3.63) is 29.8 Å². The van der Waals surface area contributed by atoms with Gasteiger partial charge in [-0.2, -0.15) is 8.42 Å². The highest BCUT2D eigenvalue weighted by atomic mass is 35.5. The monoisotopic (exact) mass is 383 g/mol. The molecule has 0 aromatic heterocycles. The second-order valence-corrected chi connectivity index (χ2v) is 7.59. The van der Waals surface area contributed by atoms with Gasteiger partial charge in [-0.3, -0.25) is 4.79 Å². The molecule has 0 saturated heterocycles. The van der Waals surface area contributed by atoms with Crippen molar-refractivity contribution in [2.24, 2.45) is 0 Å². The van der Waals surface area contributed by atoms with Crippen molar-refractivity contribution >= 4 is 39.2 Å². The Bertz CT molecular complexity index is 621. The van der Waals surface area contributed by atoms with E-state index in [4.69, 9.17) is 32.1 Å². The molecule has 0 radical (unpaired) electrons. The van der Waals surface area contributed by atoms with Gasteiger partial charge in [-0.15, -0.1) is 0 Å². The van der Waals surface area contributed by atoms with Crippen molar-refractivity contribution in [3.8, 4) is 5.75 Å². The molecule has 6 nitrogen and oxygen atoms in total. The molecule has 1 aromatic carbocycles. The number of carbonyl (C=O) groups is 1. The predicted octanol–water partition coefficient (Wildman–Crippen LogP) is 2.19. The normalized spacial score (nSPS) is 11.5. The van der Waals surface area contributed by atoms with Gasteiger partial charge in [0.2, 0.25) is 0 Å². The zero-order valence-corrected chi connectivity index (χ0v) is 15.2. The lowest BCUT2D eigenvalue weighted by Crippen LogP contribution is -2.36. The molecule has 0 unspecified atom stereocenters. The lowest BCUT2D eigenvalue weighted by molar-refractivity contribution is -0.130. The van der Waals surface area contributed by atoms with Gasteiger partial charge >= 0.3 is 10.1 Å². The van der Waals surface area contributed by atoms with Gasteiger partial charge in [-0.05, 0) is 24.6 Å². The molecule has 0 aliphatic heterocycles. The van der Waals surface area contributed by atoms with E-state index in [1.807, 2.05) is 0 Å². The van der Waals surface area contributed by atoms with E-state index in [9.17, 15) is 13.2 Å². The van der Waals surface area contributed by atoms with Crippen molar-refractivity contribution in [1.29, 1.82) is 0 Å². The Morgan fingerprint density at radius 1 is 1.35 bits per heavy atom. The summed E-state index contributed by atoms with van der Waals surface area (Å²) in [4.78, 5) is 12.3. The standard InChI is InChI=1S/C14H19Cl2NO5S/c1-3-23(19,20)22-12-6-4-5-11(9-12)10-17(7-8-21-2)14(18)13(15)16/h4-6,9,13H,3,7-8,10H2,1-2H3. The fourth-order valence-corrected chi connectivity index (χ4v) is 2.52. The summed E-state index contributed by atoms with van der Waals surface area (Å²) in [5.41, 5.74) is 0.687. The van der Waals surface area contributed by atoms with Crippen LogP contribution < -0.4 is 4.18 Å². The molecule has 0 saturated carbocycles. The van der Waals surface area contributed by atoms with E-state index in [1.165, 1.54) is 25.0 Å². The average molecular weight is 384 g/mol. The molecule has 1 amide bonds. The molecule has 0 fully saturated rings. The second-order valence-electron chi connectivity index (χ2n) is 4.63. The number of hydrogen-bond acceptors (Lipinski definition) is 5. The maximum atomic E-state index is 12.0. The number of halogens is 2. The van der Waals surface area contributed by atoms with Crippen LogP contribution in [0, 0.1) is 0 Å². The van der Waals surface area contributed by atoms with Crippen LogP contribution in [0.25, 0.3) is 0 Å². The molecule has 23 heavy (non-hydrogen) atoms. The molecule has 1 rings (SSSR count). The minimum atomic E-state index is -3.60. The highest BCUT2D eigenvalue weighted by Crippen LogP contribution is 2.18. The molecule has 0 atom stereocenters. The molecule has 0 aliphatic rings. The number of amides is 1. The van der Waals surface area contributed by atoms with E-state index in [1.54, 1.807) is 18.2 Å². The summed E-state index contributed by atoms with van der Waals surface area (Å²) in [6.07, 6.45) is 0. The number of rotatable bonds is 9. The molecule has 1 aromatic rings. The van der Waals surface area contributed by atoms with Gasteiger partial charge < -0.3 is 13.8 Å². The van der Waals surface area contributed by atoms with E-state index in [0.717, 1.165) is 0 Å². The van der Waals surface area contributed by atoms with Crippen LogP contribution in [0.1, 0.15) is 12.5 Å². The van der Waals surface area contributed by atoms with Crippen LogP contribution in [0.5, 0.6) is 5.75 Å². The number of nitrogens with zero attached hydrogens (tertiary/aromatic N) is 1. The first-order valence-corrected chi connectivity index (χ1v) is 9.31. The molecule has 0 aliphatic carbocycles. The number of ether oxygens (including phenoxy) is 1. The van der Waals surface area contributed by atoms with Crippen LogP contribution in [0.15, 0.2) is 24.3 Å². The maximum Gasteiger partial charge on any atom is 0.308 e. The fourth-order valence-electron chi connectivity index (χ4n) is 1.73. The average Bonchev–Trinajstić information content (AvgIpc) is 2.50. The lowest BCUT2D eigenvalue weighted by Gasteiger charge is -2.23. The summed E-state index contributed by atoms with van der Waals surface area (Å²) in [5.74, 6) is -0.384. The van der Waals surface area contributed by atoms with Gasteiger partial charge in [0, 0.05) is 20.2 Å². The van der Waals surface area contributed by atoms with Crippen LogP contribution in [-0.2, 0) is 26.2 Å². The van der Waals surface area contributed by atoms with Crippen LogP contribution in [0.2, 0.25) is 0 Å². The third kappa shape index (κ3) is 6.95. The summed E-state index contributed by atoms with van der Waals surface area (Å²) in [5, 5.41) is 0. The molecule has 0 N–H and O–H groups in total. The van der Waals surface area contributed by atoms with Gasteiger partial charge in [-0.25, -0.2) is 0 Å². The maximum absolute atomic E-state index is 12.0. The molecule has 0 spiro atoms. The van der Waals surface area contributed by atoms with E-state index < -0.39 is 20.9 Å². The fraction of sp³-hybridized carbons (Fsp3) is 0.500. The topological polar surface area (TPSA) is 72.9 Å². The Hall–Kier alpha value is -1.02.